The summed E-state index contributed by atoms with van der Waals surface area (Å²) in [5, 5.41) is 3.94. The molecule has 0 aromatic carbocycles. The predicted octanol–water partition coefficient (Wildman–Crippen LogP) is 2.09. The lowest BCUT2D eigenvalue weighted by Crippen LogP contribution is -1.92. The molecular formula is C11H13ClN4O. The van der Waals surface area contributed by atoms with Crippen molar-refractivity contribution in [2.75, 3.05) is 5.73 Å². The van der Waals surface area contributed by atoms with Crippen molar-refractivity contribution < 1.29 is 4.52 Å². The summed E-state index contributed by atoms with van der Waals surface area (Å²) in [7, 11) is 0. The topological polar surface area (TPSA) is 77.8 Å². The molecule has 5 nitrogen and oxygen atoms in total. The van der Waals surface area contributed by atoms with Gasteiger partial charge in [0, 0.05) is 6.42 Å². The number of pyridine rings is 1. The first kappa shape index (κ1) is 11.9. The zero-order chi connectivity index (χ0) is 11.0. The summed E-state index contributed by atoms with van der Waals surface area (Å²) in [6.45, 7) is 0. The molecule has 90 valence electrons. The highest BCUT2D eigenvalue weighted by Crippen LogP contribution is 2.32. The first-order valence-electron chi connectivity index (χ1n) is 5.37. The fourth-order valence-electron chi connectivity index (χ4n) is 1.59. The second-order valence-electron chi connectivity index (χ2n) is 4.11. The Kier molecular flexibility index (Phi) is 3.28. The van der Waals surface area contributed by atoms with Crippen molar-refractivity contribution in [1.29, 1.82) is 0 Å². The molecule has 0 spiro atoms. The molecule has 2 heterocycles. The van der Waals surface area contributed by atoms with Crippen LogP contribution in [-0.4, -0.2) is 15.1 Å². The summed E-state index contributed by atoms with van der Waals surface area (Å²) in [4.78, 5) is 8.44. The van der Waals surface area contributed by atoms with Crippen LogP contribution in [0.5, 0.6) is 0 Å². The molecule has 2 aromatic heterocycles. The fourth-order valence-corrected chi connectivity index (χ4v) is 1.59. The van der Waals surface area contributed by atoms with E-state index < -0.39 is 0 Å². The number of hydrogen-bond acceptors (Lipinski definition) is 5. The molecule has 1 saturated carbocycles. The van der Waals surface area contributed by atoms with E-state index in [4.69, 9.17) is 10.3 Å². The zero-order valence-corrected chi connectivity index (χ0v) is 9.98. The Hall–Kier alpha value is -1.62. The Morgan fingerprint density at radius 1 is 1.29 bits per heavy atom. The molecule has 0 aliphatic heterocycles. The third kappa shape index (κ3) is 2.74. The van der Waals surface area contributed by atoms with E-state index in [9.17, 15) is 0 Å². The molecule has 0 bridgehead atoms. The Morgan fingerprint density at radius 2 is 2.12 bits per heavy atom. The van der Waals surface area contributed by atoms with Gasteiger partial charge >= 0.3 is 0 Å². The van der Waals surface area contributed by atoms with E-state index >= 15 is 0 Å². The molecule has 0 unspecified atom stereocenters. The van der Waals surface area contributed by atoms with E-state index in [0.29, 0.717) is 17.4 Å². The van der Waals surface area contributed by atoms with Crippen LogP contribution >= 0.6 is 12.4 Å². The maximum absolute atomic E-state index is 5.59. The van der Waals surface area contributed by atoms with Crippen LogP contribution in [0, 0.1) is 5.92 Å². The molecule has 0 amide bonds. The molecular weight excluding hydrogens is 240 g/mol. The summed E-state index contributed by atoms with van der Waals surface area (Å²) >= 11 is 0. The minimum atomic E-state index is 0. The summed E-state index contributed by atoms with van der Waals surface area (Å²) in [6.07, 6.45) is 3.46. The number of halogens is 1. The molecule has 2 N–H and O–H groups in total. The number of nitrogen functional groups attached to an aromatic ring is 1. The lowest BCUT2D eigenvalue weighted by Gasteiger charge is -1.94. The van der Waals surface area contributed by atoms with Crippen molar-refractivity contribution in [3.05, 3.63) is 24.0 Å². The average molecular weight is 253 g/mol. The van der Waals surface area contributed by atoms with Crippen LogP contribution in [0.2, 0.25) is 0 Å². The fraction of sp³-hybridized carbons (Fsp3) is 0.364. The van der Waals surface area contributed by atoms with Crippen LogP contribution in [0.1, 0.15) is 18.7 Å². The van der Waals surface area contributed by atoms with E-state index in [-0.39, 0.29) is 12.4 Å². The van der Waals surface area contributed by atoms with Gasteiger partial charge in [0.1, 0.15) is 11.5 Å². The summed E-state index contributed by atoms with van der Waals surface area (Å²) in [5.41, 5.74) is 6.23. The Morgan fingerprint density at radius 3 is 2.82 bits per heavy atom. The van der Waals surface area contributed by atoms with E-state index in [0.717, 1.165) is 18.2 Å². The second kappa shape index (κ2) is 4.71. The molecule has 1 fully saturated rings. The van der Waals surface area contributed by atoms with Crippen LogP contribution < -0.4 is 5.73 Å². The van der Waals surface area contributed by atoms with Crippen LogP contribution in [0.3, 0.4) is 0 Å². The standard InChI is InChI=1S/C11H12N4O.ClH/c12-9-3-1-2-8(13-9)11-14-10(15-16-11)6-7-4-5-7;/h1-3,7H,4-6H2,(H2,12,13);1H. The minimum absolute atomic E-state index is 0. The SMILES string of the molecule is Cl.Nc1cccc(-c2nc(CC3CC3)no2)n1. The van der Waals surface area contributed by atoms with Crippen molar-refractivity contribution >= 4 is 18.2 Å². The molecule has 6 heteroatoms. The van der Waals surface area contributed by atoms with Gasteiger partial charge in [0.25, 0.3) is 5.89 Å². The van der Waals surface area contributed by atoms with Crippen molar-refractivity contribution in [2.45, 2.75) is 19.3 Å². The summed E-state index contributed by atoms with van der Waals surface area (Å²) in [6, 6.07) is 5.36. The monoisotopic (exact) mass is 252 g/mol. The van der Waals surface area contributed by atoms with Gasteiger partial charge in [-0.05, 0) is 30.9 Å². The van der Waals surface area contributed by atoms with Crippen LogP contribution in [0.25, 0.3) is 11.6 Å². The van der Waals surface area contributed by atoms with Crippen molar-refractivity contribution in [3.8, 4) is 11.6 Å². The number of nitrogens with zero attached hydrogens (tertiary/aromatic N) is 3. The third-order valence-corrected chi connectivity index (χ3v) is 2.63. The first-order chi connectivity index (χ1) is 7.81. The van der Waals surface area contributed by atoms with E-state index in [1.807, 2.05) is 12.1 Å². The van der Waals surface area contributed by atoms with E-state index in [1.54, 1.807) is 6.07 Å². The summed E-state index contributed by atoms with van der Waals surface area (Å²) in [5.74, 6) is 2.42. The molecule has 3 rings (SSSR count). The number of anilines is 1. The second-order valence-corrected chi connectivity index (χ2v) is 4.11. The lowest BCUT2D eigenvalue weighted by atomic mass is 10.3. The van der Waals surface area contributed by atoms with E-state index in [1.165, 1.54) is 12.8 Å². The van der Waals surface area contributed by atoms with Gasteiger partial charge < -0.3 is 10.3 Å². The molecule has 1 aliphatic rings. The maximum atomic E-state index is 5.59. The molecule has 0 radical (unpaired) electrons. The number of nitrogens with two attached hydrogens (primary N) is 1. The normalized spacial score (nSPS) is 14.4. The zero-order valence-electron chi connectivity index (χ0n) is 9.17. The number of aromatic nitrogens is 3. The molecule has 0 saturated heterocycles. The highest BCUT2D eigenvalue weighted by Gasteiger charge is 2.24. The molecule has 2 aromatic rings. The van der Waals surface area contributed by atoms with Gasteiger partial charge in [-0.25, -0.2) is 4.98 Å². The Labute approximate surface area is 105 Å². The van der Waals surface area contributed by atoms with Gasteiger partial charge in [-0.2, -0.15) is 4.98 Å². The average Bonchev–Trinajstić information content (AvgIpc) is 2.94. The van der Waals surface area contributed by atoms with E-state index in [2.05, 4.69) is 15.1 Å². The third-order valence-electron chi connectivity index (χ3n) is 2.63. The molecule has 1 aliphatic carbocycles. The predicted molar refractivity (Wildman–Crippen MR) is 65.6 cm³/mol. The molecule has 0 atom stereocenters. The van der Waals surface area contributed by atoms with Gasteiger partial charge in [0.05, 0.1) is 0 Å². The van der Waals surface area contributed by atoms with Gasteiger partial charge in [0.15, 0.2) is 5.82 Å². The Balaban J connectivity index is 0.00000108. The number of hydrogen-bond donors (Lipinski definition) is 1. The van der Waals surface area contributed by atoms with Crippen LogP contribution in [-0.2, 0) is 6.42 Å². The van der Waals surface area contributed by atoms with Crippen LogP contribution in [0.4, 0.5) is 5.82 Å². The first-order valence-corrected chi connectivity index (χ1v) is 5.37. The van der Waals surface area contributed by atoms with Gasteiger partial charge in [-0.15, -0.1) is 12.4 Å². The minimum Gasteiger partial charge on any atom is -0.384 e. The van der Waals surface area contributed by atoms with Gasteiger partial charge in [0.2, 0.25) is 0 Å². The van der Waals surface area contributed by atoms with Gasteiger partial charge in [-0.1, -0.05) is 11.2 Å². The molecule has 17 heavy (non-hydrogen) atoms. The highest BCUT2D eigenvalue weighted by atomic mass is 35.5. The quantitative estimate of drug-likeness (QED) is 0.905. The van der Waals surface area contributed by atoms with Gasteiger partial charge in [-0.3, -0.25) is 0 Å². The number of rotatable bonds is 3. The maximum Gasteiger partial charge on any atom is 0.276 e. The smallest absolute Gasteiger partial charge is 0.276 e. The Bertz CT molecular complexity index is 510. The van der Waals surface area contributed by atoms with Crippen molar-refractivity contribution in [2.24, 2.45) is 5.92 Å². The van der Waals surface area contributed by atoms with Crippen molar-refractivity contribution in [1.82, 2.24) is 15.1 Å². The van der Waals surface area contributed by atoms with Crippen LogP contribution in [0.15, 0.2) is 22.7 Å². The largest absolute Gasteiger partial charge is 0.384 e. The van der Waals surface area contributed by atoms with Crippen molar-refractivity contribution in [3.63, 3.8) is 0 Å². The highest BCUT2D eigenvalue weighted by molar-refractivity contribution is 5.85. The summed E-state index contributed by atoms with van der Waals surface area (Å²) < 4.78 is 5.16. The lowest BCUT2D eigenvalue weighted by molar-refractivity contribution is 0.420.